The zero-order chi connectivity index (χ0) is 21.7. The van der Waals surface area contributed by atoms with Crippen LogP contribution in [0.25, 0.3) is 16.4 Å². The number of fused-ring (bicyclic) bond motifs is 3. The third kappa shape index (κ3) is 3.28. The van der Waals surface area contributed by atoms with Gasteiger partial charge in [0.2, 0.25) is 0 Å². The molecule has 0 saturated heterocycles. The van der Waals surface area contributed by atoms with E-state index in [2.05, 4.69) is 27.6 Å². The maximum atomic E-state index is 12.9. The van der Waals surface area contributed by atoms with Gasteiger partial charge in [0.1, 0.15) is 11.8 Å². The smallest absolute Gasteiger partial charge is 0.260 e. The molecule has 5 rings (SSSR count). The van der Waals surface area contributed by atoms with Gasteiger partial charge in [-0.15, -0.1) is 0 Å². The highest BCUT2D eigenvalue weighted by Gasteiger charge is 2.24. The molecule has 1 aromatic carbocycles. The van der Waals surface area contributed by atoms with Crippen molar-refractivity contribution < 1.29 is 4.79 Å². The number of nitrogens with one attached hydrogen (secondary N) is 3. The second-order valence-electron chi connectivity index (χ2n) is 8.34. The van der Waals surface area contributed by atoms with Crippen molar-refractivity contribution in [1.29, 1.82) is 0 Å². The minimum Gasteiger partial charge on any atom is -0.349 e. The molecule has 1 aliphatic rings. The molecule has 4 aromatic rings. The molecule has 0 spiro atoms. The molecule has 1 aliphatic carbocycles. The van der Waals surface area contributed by atoms with Gasteiger partial charge in [0.05, 0.1) is 10.9 Å². The summed E-state index contributed by atoms with van der Waals surface area (Å²) in [6, 6.07) is 5.94. The maximum absolute atomic E-state index is 12.9. The zero-order valence-corrected chi connectivity index (χ0v) is 18.0. The lowest BCUT2D eigenvalue weighted by Crippen LogP contribution is -2.25. The Labute approximate surface area is 179 Å². The second-order valence-corrected chi connectivity index (χ2v) is 8.34. The Hall–Kier alpha value is -3.55. The Balaban J connectivity index is 1.57. The van der Waals surface area contributed by atoms with Gasteiger partial charge >= 0.3 is 0 Å². The lowest BCUT2D eigenvalue weighted by molar-refractivity contribution is 0.0951. The number of amides is 1. The summed E-state index contributed by atoms with van der Waals surface area (Å²) >= 11 is 0. The van der Waals surface area contributed by atoms with Crippen LogP contribution in [0.3, 0.4) is 0 Å². The number of nitrogens with zero attached hydrogens (tertiary/aromatic N) is 3. The Morgan fingerprint density at radius 3 is 2.84 bits per heavy atom. The fourth-order valence-electron chi connectivity index (χ4n) is 4.10. The minimum absolute atomic E-state index is 0.0207. The van der Waals surface area contributed by atoms with Crippen molar-refractivity contribution in [3.05, 3.63) is 57.8 Å². The van der Waals surface area contributed by atoms with Crippen LogP contribution in [0.15, 0.2) is 35.5 Å². The van der Waals surface area contributed by atoms with Crippen LogP contribution in [-0.2, 0) is 6.54 Å². The summed E-state index contributed by atoms with van der Waals surface area (Å²) in [6.07, 6.45) is 6.50. The third-order valence-corrected chi connectivity index (χ3v) is 5.94. The largest absolute Gasteiger partial charge is 0.349 e. The zero-order valence-electron chi connectivity index (χ0n) is 18.0. The van der Waals surface area contributed by atoms with Crippen molar-refractivity contribution in [2.45, 2.75) is 52.6 Å². The molecule has 0 atom stereocenters. The highest BCUT2D eigenvalue weighted by Crippen LogP contribution is 2.30. The van der Waals surface area contributed by atoms with E-state index in [9.17, 15) is 9.59 Å². The first-order chi connectivity index (χ1) is 15.0. The van der Waals surface area contributed by atoms with Gasteiger partial charge in [-0.2, -0.15) is 0 Å². The molecule has 0 unspecified atom stereocenters. The number of carbonyl (C=O) groups excluding carboxylic acids is 1. The van der Waals surface area contributed by atoms with E-state index in [0.717, 1.165) is 47.1 Å². The number of aromatic amines is 1. The van der Waals surface area contributed by atoms with E-state index < -0.39 is 0 Å². The molecule has 3 aromatic heterocycles. The van der Waals surface area contributed by atoms with E-state index in [0.29, 0.717) is 29.4 Å². The summed E-state index contributed by atoms with van der Waals surface area (Å²) in [5.41, 5.74) is 4.99. The Kier molecular flexibility index (Phi) is 4.57. The van der Waals surface area contributed by atoms with Gasteiger partial charge in [-0.3, -0.25) is 14.7 Å². The van der Waals surface area contributed by atoms with Crippen LogP contribution in [0.1, 0.15) is 47.7 Å². The fraction of sp³-hybridized carbons (Fsp3) is 0.348. The van der Waals surface area contributed by atoms with Crippen molar-refractivity contribution in [1.82, 2.24) is 24.5 Å². The summed E-state index contributed by atoms with van der Waals surface area (Å²) in [7, 11) is 0. The predicted octanol–water partition coefficient (Wildman–Crippen LogP) is 3.64. The number of carbonyl (C=O) groups is 1. The van der Waals surface area contributed by atoms with E-state index >= 15 is 0 Å². The molecular formula is C23H26N6O2. The number of hydrogen-bond donors (Lipinski definition) is 3. The summed E-state index contributed by atoms with van der Waals surface area (Å²) < 4.78 is 3.66. The van der Waals surface area contributed by atoms with Crippen LogP contribution in [0.2, 0.25) is 0 Å². The molecule has 31 heavy (non-hydrogen) atoms. The van der Waals surface area contributed by atoms with Gasteiger partial charge in [0.25, 0.3) is 11.5 Å². The molecule has 0 radical (unpaired) electrons. The van der Waals surface area contributed by atoms with E-state index in [1.165, 1.54) is 0 Å². The Morgan fingerprint density at radius 1 is 1.29 bits per heavy atom. The van der Waals surface area contributed by atoms with Gasteiger partial charge in [-0.25, -0.2) is 9.50 Å². The van der Waals surface area contributed by atoms with Crippen LogP contribution in [0, 0.1) is 13.8 Å². The topological polar surface area (TPSA) is 96.2 Å². The predicted molar refractivity (Wildman–Crippen MR) is 121 cm³/mol. The van der Waals surface area contributed by atoms with Crippen molar-refractivity contribution in [3.63, 3.8) is 0 Å². The van der Waals surface area contributed by atoms with Gasteiger partial charge < -0.3 is 15.2 Å². The normalized spacial score (nSPS) is 13.8. The molecule has 160 valence electrons. The average Bonchev–Trinajstić information content (AvgIpc) is 3.45. The first kappa shape index (κ1) is 19.4. The quantitative estimate of drug-likeness (QED) is 0.445. The highest BCUT2D eigenvalue weighted by atomic mass is 16.1. The molecule has 3 heterocycles. The Morgan fingerprint density at radius 2 is 2.10 bits per heavy atom. The molecule has 3 N–H and O–H groups in total. The summed E-state index contributed by atoms with van der Waals surface area (Å²) in [5, 5.41) is 10.3. The standard InChI is InChI=1S/C23H26N6O2/c1-4-9-28-11-18-19(23(28)31)14(3)20-21(24-12-25-29(18)20)27-17-10-15(6-5-13(17)2)22(30)26-16-7-8-16/h5-6,10-12,16,27H,4,7-9H2,1-3H3,(H,24,25)(H,26,30). The maximum Gasteiger partial charge on any atom is 0.260 e. The molecule has 1 saturated carbocycles. The van der Waals surface area contributed by atoms with Crippen molar-refractivity contribution in [2.24, 2.45) is 0 Å². The molecule has 8 heteroatoms. The second kappa shape index (κ2) is 7.30. The number of benzene rings is 1. The van der Waals surface area contributed by atoms with E-state index in [4.69, 9.17) is 0 Å². The fourth-order valence-corrected chi connectivity index (χ4v) is 4.10. The highest BCUT2D eigenvalue weighted by molar-refractivity contribution is 5.97. The van der Waals surface area contributed by atoms with Crippen LogP contribution in [0.5, 0.6) is 0 Å². The van der Waals surface area contributed by atoms with E-state index in [-0.39, 0.29) is 11.5 Å². The number of hydrogen-bond acceptors (Lipinski definition) is 4. The third-order valence-electron chi connectivity index (χ3n) is 5.94. The summed E-state index contributed by atoms with van der Waals surface area (Å²) in [5.74, 6) is 0.579. The van der Waals surface area contributed by atoms with E-state index in [1.807, 2.05) is 42.8 Å². The van der Waals surface area contributed by atoms with Crippen LogP contribution in [-0.4, -0.2) is 31.1 Å². The minimum atomic E-state index is -0.0564. The Bertz CT molecular complexity index is 1370. The molecule has 8 nitrogen and oxygen atoms in total. The van der Waals surface area contributed by atoms with E-state index in [1.54, 1.807) is 10.9 Å². The summed E-state index contributed by atoms with van der Waals surface area (Å²) in [6.45, 7) is 6.69. The lowest BCUT2D eigenvalue weighted by atomic mass is 10.1. The molecule has 0 bridgehead atoms. The molecule has 1 fully saturated rings. The van der Waals surface area contributed by atoms with Crippen molar-refractivity contribution in [3.8, 4) is 0 Å². The number of rotatable bonds is 6. The summed E-state index contributed by atoms with van der Waals surface area (Å²) in [4.78, 5) is 29.9. The number of aryl methyl sites for hydroxylation is 3. The lowest BCUT2D eigenvalue weighted by Gasteiger charge is -2.13. The molecule has 1 amide bonds. The van der Waals surface area contributed by atoms with Crippen LogP contribution >= 0.6 is 0 Å². The van der Waals surface area contributed by atoms with Gasteiger partial charge in [-0.05, 0) is 56.4 Å². The van der Waals surface area contributed by atoms with Gasteiger partial charge in [0.15, 0.2) is 5.82 Å². The first-order valence-electron chi connectivity index (χ1n) is 10.7. The number of H-pyrrole nitrogens is 1. The average molecular weight is 419 g/mol. The van der Waals surface area contributed by atoms with Crippen LogP contribution in [0.4, 0.5) is 11.5 Å². The van der Waals surface area contributed by atoms with Crippen molar-refractivity contribution >= 4 is 33.8 Å². The number of anilines is 2. The van der Waals surface area contributed by atoms with Gasteiger partial charge in [0, 0.05) is 30.0 Å². The van der Waals surface area contributed by atoms with Crippen LogP contribution < -0.4 is 16.2 Å². The molecule has 0 aliphatic heterocycles. The van der Waals surface area contributed by atoms with Gasteiger partial charge in [-0.1, -0.05) is 13.0 Å². The SMILES string of the molecule is CCCn1cc2c(c(C)c3c(Nc4cc(C(=O)NC5CC5)ccc4C)nc[nH]n32)c1=O. The number of aromatic nitrogens is 4. The first-order valence-corrected chi connectivity index (χ1v) is 10.7. The molecular weight excluding hydrogens is 392 g/mol. The monoisotopic (exact) mass is 418 g/mol. The van der Waals surface area contributed by atoms with Crippen molar-refractivity contribution in [2.75, 3.05) is 5.32 Å².